The van der Waals surface area contributed by atoms with E-state index < -0.39 is 0 Å². The van der Waals surface area contributed by atoms with Crippen molar-refractivity contribution in [1.82, 2.24) is 0 Å². The molecule has 0 aliphatic heterocycles. The largest absolute Gasteiger partial charge is 0.334 e. The molecule has 6 aromatic rings. The van der Waals surface area contributed by atoms with Crippen LogP contribution < -0.4 is 4.90 Å². The molecular formula is C44H37N. The van der Waals surface area contributed by atoms with Crippen molar-refractivity contribution in [3.8, 4) is 33.4 Å². The van der Waals surface area contributed by atoms with Gasteiger partial charge in [0.15, 0.2) is 0 Å². The van der Waals surface area contributed by atoms with Crippen molar-refractivity contribution in [2.75, 3.05) is 4.90 Å². The zero-order chi connectivity index (χ0) is 30.5. The molecule has 0 aromatic heterocycles. The van der Waals surface area contributed by atoms with Gasteiger partial charge in [0, 0.05) is 28.4 Å². The fourth-order valence-corrected chi connectivity index (χ4v) is 7.64. The molecular weight excluding hydrogens is 542 g/mol. The van der Waals surface area contributed by atoms with Gasteiger partial charge in [-0.1, -0.05) is 147 Å². The Labute approximate surface area is 267 Å². The Bertz CT molecular complexity index is 2060. The highest BCUT2D eigenvalue weighted by molar-refractivity contribution is 5.92. The molecule has 1 atom stereocenters. The van der Waals surface area contributed by atoms with Crippen LogP contribution in [0.1, 0.15) is 48.6 Å². The van der Waals surface area contributed by atoms with Crippen molar-refractivity contribution in [2.24, 2.45) is 0 Å². The van der Waals surface area contributed by atoms with Crippen LogP contribution in [-0.2, 0) is 11.8 Å². The van der Waals surface area contributed by atoms with Crippen LogP contribution in [0.25, 0.3) is 39.5 Å². The van der Waals surface area contributed by atoms with Crippen LogP contribution in [0, 0.1) is 0 Å². The van der Waals surface area contributed by atoms with Gasteiger partial charge >= 0.3 is 0 Å². The zero-order valence-corrected chi connectivity index (χ0v) is 26.2. The summed E-state index contributed by atoms with van der Waals surface area (Å²) in [6.45, 7) is 7.04. The Balaban J connectivity index is 1.24. The molecule has 0 amide bonds. The summed E-state index contributed by atoms with van der Waals surface area (Å²) in [7, 11) is 0. The van der Waals surface area contributed by atoms with Crippen molar-refractivity contribution >= 4 is 17.5 Å². The van der Waals surface area contributed by atoms with Crippen LogP contribution in [-0.4, -0.2) is 6.04 Å². The lowest BCUT2D eigenvalue weighted by atomic mass is 9.82. The van der Waals surface area contributed by atoms with Gasteiger partial charge in [0.2, 0.25) is 0 Å². The quantitative estimate of drug-likeness (QED) is 0.189. The molecule has 2 aliphatic rings. The molecule has 218 valence electrons. The second-order valence-electron chi connectivity index (χ2n) is 13.0. The molecule has 1 heteroatoms. The smallest absolute Gasteiger partial charge is 0.0499 e. The fourth-order valence-electron chi connectivity index (χ4n) is 7.64. The van der Waals surface area contributed by atoms with E-state index in [0.29, 0.717) is 0 Å². The van der Waals surface area contributed by atoms with E-state index in [2.05, 4.69) is 177 Å². The molecule has 8 rings (SSSR count). The molecule has 6 aromatic carbocycles. The molecule has 0 saturated heterocycles. The first-order valence-electron chi connectivity index (χ1n) is 16.1. The van der Waals surface area contributed by atoms with E-state index in [4.69, 9.17) is 0 Å². The molecule has 0 radical (unpaired) electrons. The van der Waals surface area contributed by atoms with E-state index in [1.54, 1.807) is 0 Å². The minimum absolute atomic E-state index is 0.0521. The second kappa shape index (κ2) is 10.8. The van der Waals surface area contributed by atoms with Gasteiger partial charge in [-0.3, -0.25) is 0 Å². The average Bonchev–Trinajstić information content (AvgIpc) is 3.58. The summed E-state index contributed by atoms with van der Waals surface area (Å²) in [6, 6.07) is 51.2. The number of fused-ring (bicyclic) bond motifs is 6. The Kier molecular flexibility index (Phi) is 6.57. The standard InChI is InChI=1S/C44H37N/c1-30(23-24-33-16-11-19-37-36-17-8-7-15-34(36)29-39(33)37)45(35-27-25-32(26-28-35)31-13-5-4-6-14-31)42-22-12-21-41-43(42)38-18-9-10-20-40(38)44(41,2)3/h4-28,30H,29H2,1-3H3/b24-23-. The third-order valence-corrected chi connectivity index (χ3v) is 9.95. The number of anilines is 2. The maximum Gasteiger partial charge on any atom is 0.0499 e. The molecule has 0 saturated carbocycles. The van der Waals surface area contributed by atoms with E-state index in [-0.39, 0.29) is 11.5 Å². The first kappa shape index (κ1) is 27.4. The first-order chi connectivity index (χ1) is 22.0. The molecule has 0 spiro atoms. The van der Waals surface area contributed by atoms with Gasteiger partial charge in [0.05, 0.1) is 0 Å². The Morgan fingerprint density at radius 2 is 1.24 bits per heavy atom. The van der Waals surface area contributed by atoms with Crippen molar-refractivity contribution in [3.05, 3.63) is 173 Å². The summed E-state index contributed by atoms with van der Waals surface area (Å²) in [6.07, 6.45) is 5.72. The molecule has 0 heterocycles. The van der Waals surface area contributed by atoms with Crippen LogP contribution in [0.2, 0.25) is 0 Å². The lowest BCUT2D eigenvalue weighted by Gasteiger charge is -2.32. The first-order valence-corrected chi connectivity index (χ1v) is 16.1. The summed E-state index contributed by atoms with van der Waals surface area (Å²) in [5.41, 5.74) is 17.2. The Hall–Kier alpha value is -5.14. The lowest BCUT2D eigenvalue weighted by molar-refractivity contribution is 0.660. The van der Waals surface area contributed by atoms with Gasteiger partial charge in [-0.15, -0.1) is 0 Å². The van der Waals surface area contributed by atoms with Crippen molar-refractivity contribution in [3.63, 3.8) is 0 Å². The van der Waals surface area contributed by atoms with E-state index >= 15 is 0 Å². The maximum absolute atomic E-state index is 2.53. The Morgan fingerprint density at radius 3 is 2.07 bits per heavy atom. The predicted octanol–water partition coefficient (Wildman–Crippen LogP) is 11.5. The van der Waals surface area contributed by atoms with Gasteiger partial charge < -0.3 is 4.90 Å². The van der Waals surface area contributed by atoms with E-state index in [1.807, 2.05) is 0 Å². The minimum Gasteiger partial charge on any atom is -0.334 e. The third kappa shape index (κ3) is 4.54. The van der Waals surface area contributed by atoms with Crippen LogP contribution in [0.15, 0.2) is 146 Å². The van der Waals surface area contributed by atoms with Gasteiger partial charge in [-0.25, -0.2) is 0 Å². The third-order valence-electron chi connectivity index (χ3n) is 9.95. The topological polar surface area (TPSA) is 3.24 Å². The van der Waals surface area contributed by atoms with Gasteiger partial charge in [-0.2, -0.15) is 0 Å². The van der Waals surface area contributed by atoms with Gasteiger partial charge in [-0.05, 0) is 87.2 Å². The Morgan fingerprint density at radius 1 is 0.600 bits per heavy atom. The molecule has 0 N–H and O–H groups in total. The molecule has 1 unspecified atom stereocenters. The van der Waals surface area contributed by atoms with E-state index in [9.17, 15) is 0 Å². The van der Waals surface area contributed by atoms with Crippen molar-refractivity contribution in [2.45, 2.75) is 38.6 Å². The highest BCUT2D eigenvalue weighted by atomic mass is 15.2. The van der Waals surface area contributed by atoms with Crippen LogP contribution >= 0.6 is 0 Å². The van der Waals surface area contributed by atoms with Gasteiger partial charge in [0.25, 0.3) is 0 Å². The number of nitrogens with zero attached hydrogens (tertiary/aromatic N) is 1. The van der Waals surface area contributed by atoms with Gasteiger partial charge in [0.1, 0.15) is 0 Å². The highest BCUT2D eigenvalue weighted by Crippen LogP contribution is 2.53. The summed E-state index contributed by atoms with van der Waals surface area (Å²) in [4.78, 5) is 2.53. The van der Waals surface area contributed by atoms with Crippen molar-refractivity contribution in [1.29, 1.82) is 0 Å². The molecule has 2 aliphatic carbocycles. The summed E-state index contributed by atoms with van der Waals surface area (Å²) >= 11 is 0. The SMILES string of the molecule is CC(/C=C\c1cccc2c1Cc1ccccc1-2)N(c1ccc(-c2ccccc2)cc1)c1cccc2c1-c1ccccc1C2(C)C. The monoisotopic (exact) mass is 579 g/mol. The molecule has 0 fully saturated rings. The normalized spacial score (nSPS) is 14.5. The van der Waals surface area contributed by atoms with Crippen LogP contribution in [0.5, 0.6) is 0 Å². The second-order valence-corrected chi connectivity index (χ2v) is 13.0. The number of rotatable bonds is 6. The highest BCUT2D eigenvalue weighted by Gasteiger charge is 2.37. The summed E-state index contributed by atoms with van der Waals surface area (Å²) in [5.74, 6) is 0. The van der Waals surface area contributed by atoms with E-state index in [0.717, 1.165) is 6.42 Å². The fraction of sp³-hybridized carbons (Fsp3) is 0.136. The predicted molar refractivity (Wildman–Crippen MR) is 191 cm³/mol. The molecule has 45 heavy (non-hydrogen) atoms. The average molecular weight is 580 g/mol. The summed E-state index contributed by atoms with van der Waals surface area (Å²) in [5, 5.41) is 0. The molecule has 1 nitrogen and oxygen atoms in total. The minimum atomic E-state index is -0.0521. The van der Waals surface area contributed by atoms with Crippen molar-refractivity contribution < 1.29 is 0 Å². The number of hydrogen-bond donors (Lipinski definition) is 0. The lowest BCUT2D eigenvalue weighted by Crippen LogP contribution is -2.27. The zero-order valence-electron chi connectivity index (χ0n) is 26.2. The summed E-state index contributed by atoms with van der Waals surface area (Å²) < 4.78 is 0. The van der Waals surface area contributed by atoms with Crippen LogP contribution in [0.4, 0.5) is 11.4 Å². The maximum atomic E-state index is 2.53. The number of benzene rings is 6. The van der Waals surface area contributed by atoms with E-state index in [1.165, 1.54) is 72.6 Å². The number of hydrogen-bond acceptors (Lipinski definition) is 1. The van der Waals surface area contributed by atoms with Crippen LogP contribution in [0.3, 0.4) is 0 Å². The molecule has 0 bridgehead atoms.